The number of rotatable bonds is 4. The van der Waals surface area contributed by atoms with Crippen LogP contribution in [0.25, 0.3) is 0 Å². The van der Waals surface area contributed by atoms with Gasteiger partial charge in [-0.1, -0.05) is 30.3 Å². The summed E-state index contributed by atoms with van der Waals surface area (Å²) in [5, 5.41) is 9.00. The van der Waals surface area contributed by atoms with Crippen molar-refractivity contribution in [2.75, 3.05) is 13.1 Å². The van der Waals surface area contributed by atoms with E-state index in [2.05, 4.69) is 20.9 Å². The fourth-order valence-corrected chi connectivity index (χ4v) is 3.27. The van der Waals surface area contributed by atoms with Gasteiger partial charge in [-0.05, 0) is 34.3 Å². The number of halogens is 1. The predicted molar refractivity (Wildman–Crippen MR) is 94.8 cm³/mol. The van der Waals surface area contributed by atoms with Gasteiger partial charge >= 0.3 is 6.09 Å². The smallest absolute Gasteiger partial charge is 0.407 e. The van der Waals surface area contributed by atoms with Crippen molar-refractivity contribution < 1.29 is 14.6 Å². The Balaban J connectivity index is 1.70. The van der Waals surface area contributed by atoms with Gasteiger partial charge in [0.2, 0.25) is 5.88 Å². The number of benzene rings is 1. The molecule has 1 aromatic heterocycles. The average molecular weight is 408 g/mol. The molecule has 8 heteroatoms. The molecule has 1 amide bonds. The average Bonchev–Trinajstić information content (AvgIpc) is 2.64. The highest BCUT2D eigenvalue weighted by molar-refractivity contribution is 9.10. The Kier molecular flexibility index (Phi) is 5.37. The van der Waals surface area contributed by atoms with Crippen LogP contribution >= 0.6 is 15.9 Å². The van der Waals surface area contributed by atoms with Crippen LogP contribution in [0.5, 0.6) is 5.88 Å². The molecule has 2 heterocycles. The minimum absolute atomic E-state index is 0.0601. The van der Waals surface area contributed by atoms with Gasteiger partial charge in [0.15, 0.2) is 0 Å². The predicted octanol–water partition coefficient (Wildman–Crippen LogP) is 2.90. The molecule has 0 spiro atoms. The number of hydrogen-bond donors (Lipinski definition) is 1. The molecule has 0 radical (unpaired) electrons. The SMILES string of the molecule is O=C(O)N1CCC(n2cnc(OCc3ccccc3)c(Br)c2=O)CC1. The summed E-state index contributed by atoms with van der Waals surface area (Å²) in [7, 11) is 0. The third kappa shape index (κ3) is 4.01. The molecule has 2 aromatic rings. The second-order valence-corrected chi connectivity index (χ2v) is 6.64. The Bertz CT molecular complexity index is 801. The number of carbonyl (C=O) groups is 1. The van der Waals surface area contributed by atoms with Gasteiger partial charge < -0.3 is 14.7 Å². The maximum Gasteiger partial charge on any atom is 0.407 e. The van der Waals surface area contributed by atoms with Gasteiger partial charge in [0.05, 0.1) is 0 Å². The summed E-state index contributed by atoms with van der Waals surface area (Å²) in [6, 6.07) is 9.58. The van der Waals surface area contributed by atoms with Gasteiger partial charge in [-0.3, -0.25) is 9.36 Å². The summed E-state index contributed by atoms with van der Waals surface area (Å²) < 4.78 is 7.48. The molecule has 1 aliphatic rings. The summed E-state index contributed by atoms with van der Waals surface area (Å²) in [6.07, 6.45) is 1.73. The van der Waals surface area contributed by atoms with E-state index in [1.165, 1.54) is 11.2 Å². The van der Waals surface area contributed by atoms with Gasteiger partial charge in [-0.25, -0.2) is 9.78 Å². The molecule has 0 bridgehead atoms. The summed E-state index contributed by atoms with van der Waals surface area (Å²) in [5.41, 5.74) is 0.772. The number of carboxylic acid groups (broad SMARTS) is 1. The number of aromatic nitrogens is 2. The second kappa shape index (κ2) is 7.69. The molecule has 1 aromatic carbocycles. The number of nitrogens with zero attached hydrogens (tertiary/aromatic N) is 3. The van der Waals surface area contributed by atoms with E-state index < -0.39 is 6.09 Å². The number of ether oxygens (including phenoxy) is 1. The lowest BCUT2D eigenvalue weighted by Crippen LogP contribution is -2.40. The highest BCUT2D eigenvalue weighted by Crippen LogP contribution is 2.24. The van der Waals surface area contributed by atoms with Gasteiger partial charge in [-0.15, -0.1) is 0 Å². The van der Waals surface area contributed by atoms with E-state index in [-0.39, 0.29) is 22.0 Å². The summed E-state index contributed by atoms with van der Waals surface area (Å²) in [5.74, 6) is 0.257. The molecule has 7 nitrogen and oxygen atoms in total. The van der Waals surface area contributed by atoms with Crippen molar-refractivity contribution in [3.05, 3.63) is 57.0 Å². The Morgan fingerprint density at radius 2 is 1.96 bits per heavy atom. The summed E-state index contributed by atoms with van der Waals surface area (Å²) >= 11 is 3.28. The molecule has 1 N–H and O–H groups in total. The van der Waals surface area contributed by atoms with E-state index in [4.69, 9.17) is 9.84 Å². The van der Waals surface area contributed by atoms with Crippen LogP contribution in [0.15, 0.2) is 45.9 Å². The van der Waals surface area contributed by atoms with Crippen LogP contribution in [0.2, 0.25) is 0 Å². The number of hydrogen-bond acceptors (Lipinski definition) is 4. The van der Waals surface area contributed by atoms with Crippen molar-refractivity contribution >= 4 is 22.0 Å². The zero-order chi connectivity index (χ0) is 17.8. The van der Waals surface area contributed by atoms with Crippen LogP contribution in [-0.2, 0) is 6.61 Å². The van der Waals surface area contributed by atoms with Crippen molar-refractivity contribution in [1.29, 1.82) is 0 Å². The first-order valence-electron chi connectivity index (χ1n) is 7.97. The Morgan fingerprint density at radius 3 is 2.60 bits per heavy atom. The van der Waals surface area contributed by atoms with Crippen molar-refractivity contribution in [2.24, 2.45) is 0 Å². The molecule has 1 saturated heterocycles. The zero-order valence-electron chi connectivity index (χ0n) is 13.5. The highest BCUT2D eigenvalue weighted by Gasteiger charge is 2.25. The van der Waals surface area contributed by atoms with Crippen LogP contribution in [0.4, 0.5) is 4.79 Å². The third-order valence-electron chi connectivity index (χ3n) is 4.26. The Hall–Kier alpha value is -2.35. The number of piperidine rings is 1. The molecule has 0 atom stereocenters. The van der Waals surface area contributed by atoms with Gasteiger partial charge in [0, 0.05) is 19.1 Å². The van der Waals surface area contributed by atoms with Gasteiger partial charge in [-0.2, -0.15) is 0 Å². The van der Waals surface area contributed by atoms with Crippen molar-refractivity contribution in [1.82, 2.24) is 14.5 Å². The Morgan fingerprint density at radius 1 is 1.28 bits per heavy atom. The minimum Gasteiger partial charge on any atom is -0.472 e. The number of amides is 1. The standard InChI is InChI=1S/C17H18BrN3O4/c18-14-15(25-10-12-4-2-1-3-5-12)19-11-21(16(14)22)13-6-8-20(9-7-13)17(23)24/h1-5,11,13H,6-10H2,(H,23,24). The largest absolute Gasteiger partial charge is 0.472 e. The third-order valence-corrected chi connectivity index (χ3v) is 4.93. The number of likely N-dealkylation sites (tertiary alicyclic amines) is 1. The molecule has 0 saturated carbocycles. The molecule has 132 valence electrons. The van der Waals surface area contributed by atoms with E-state index in [1.54, 1.807) is 4.57 Å². The molecular formula is C17H18BrN3O4. The van der Waals surface area contributed by atoms with Crippen LogP contribution in [0.3, 0.4) is 0 Å². The summed E-state index contributed by atoms with van der Waals surface area (Å²) in [6.45, 7) is 1.15. The fourth-order valence-electron chi connectivity index (χ4n) is 2.85. The lowest BCUT2D eigenvalue weighted by atomic mass is 10.1. The van der Waals surface area contributed by atoms with E-state index in [9.17, 15) is 9.59 Å². The van der Waals surface area contributed by atoms with Crippen LogP contribution in [0.1, 0.15) is 24.4 Å². The van der Waals surface area contributed by atoms with Crippen LogP contribution in [0, 0.1) is 0 Å². The molecule has 25 heavy (non-hydrogen) atoms. The normalized spacial score (nSPS) is 15.2. The van der Waals surface area contributed by atoms with E-state index in [0.717, 1.165) is 5.56 Å². The zero-order valence-corrected chi connectivity index (χ0v) is 15.1. The van der Waals surface area contributed by atoms with Crippen molar-refractivity contribution in [2.45, 2.75) is 25.5 Å². The first-order valence-corrected chi connectivity index (χ1v) is 8.77. The van der Waals surface area contributed by atoms with Crippen LogP contribution in [-0.4, -0.2) is 38.7 Å². The maximum atomic E-state index is 12.6. The monoisotopic (exact) mass is 407 g/mol. The van der Waals surface area contributed by atoms with Crippen molar-refractivity contribution in [3.8, 4) is 5.88 Å². The van der Waals surface area contributed by atoms with Crippen LogP contribution < -0.4 is 10.3 Å². The van der Waals surface area contributed by atoms with E-state index in [1.807, 2.05) is 30.3 Å². The summed E-state index contributed by atoms with van der Waals surface area (Å²) in [4.78, 5) is 29.2. The highest BCUT2D eigenvalue weighted by atomic mass is 79.9. The first-order chi connectivity index (χ1) is 12.1. The molecule has 1 aliphatic heterocycles. The molecule has 0 unspecified atom stereocenters. The minimum atomic E-state index is -0.922. The lowest BCUT2D eigenvalue weighted by Gasteiger charge is -2.30. The van der Waals surface area contributed by atoms with Gasteiger partial charge in [0.25, 0.3) is 5.56 Å². The second-order valence-electron chi connectivity index (χ2n) is 5.85. The first kappa shape index (κ1) is 17.5. The lowest BCUT2D eigenvalue weighted by molar-refractivity contribution is 0.125. The Labute approximate surface area is 153 Å². The molecule has 3 rings (SSSR count). The molecular weight excluding hydrogens is 390 g/mol. The van der Waals surface area contributed by atoms with Crippen molar-refractivity contribution in [3.63, 3.8) is 0 Å². The van der Waals surface area contributed by atoms with E-state index >= 15 is 0 Å². The maximum absolute atomic E-state index is 12.6. The topological polar surface area (TPSA) is 84.7 Å². The molecule has 1 fully saturated rings. The molecule has 0 aliphatic carbocycles. The fraction of sp³-hybridized carbons (Fsp3) is 0.353. The van der Waals surface area contributed by atoms with Gasteiger partial charge in [0.1, 0.15) is 17.4 Å². The van der Waals surface area contributed by atoms with E-state index in [0.29, 0.717) is 32.5 Å². The quantitative estimate of drug-likeness (QED) is 0.841.